The van der Waals surface area contributed by atoms with Crippen LogP contribution < -0.4 is 10.0 Å². The first kappa shape index (κ1) is 18.6. The van der Waals surface area contributed by atoms with Gasteiger partial charge in [-0.2, -0.15) is 0 Å². The summed E-state index contributed by atoms with van der Waals surface area (Å²) in [7, 11) is -3.38. The van der Waals surface area contributed by atoms with Gasteiger partial charge in [-0.15, -0.1) is 11.3 Å². The predicted molar refractivity (Wildman–Crippen MR) is 90.2 cm³/mol. The maximum Gasteiger partial charge on any atom is 0.250 e. The third-order valence-electron chi connectivity index (χ3n) is 3.12. The molecule has 0 amide bonds. The summed E-state index contributed by atoms with van der Waals surface area (Å²) in [6, 6.07) is 3.94. The monoisotopic (exact) mass is 332 g/mol. The smallest absolute Gasteiger partial charge is 0.250 e. The van der Waals surface area contributed by atoms with E-state index in [4.69, 9.17) is 0 Å². The molecular weight excluding hydrogens is 304 g/mol. The van der Waals surface area contributed by atoms with Gasteiger partial charge < -0.3 is 5.32 Å². The maximum absolute atomic E-state index is 12.3. The topological polar surface area (TPSA) is 58.2 Å². The van der Waals surface area contributed by atoms with Gasteiger partial charge in [0.2, 0.25) is 10.0 Å². The second-order valence-corrected chi connectivity index (χ2v) is 9.36. The Morgan fingerprint density at radius 2 is 1.76 bits per heavy atom. The van der Waals surface area contributed by atoms with E-state index in [-0.39, 0.29) is 6.04 Å². The van der Waals surface area contributed by atoms with E-state index in [1.165, 1.54) is 11.3 Å². The van der Waals surface area contributed by atoms with Crippen molar-refractivity contribution in [2.24, 2.45) is 5.92 Å². The van der Waals surface area contributed by atoms with Crippen LogP contribution in [-0.2, 0) is 16.6 Å². The van der Waals surface area contributed by atoms with E-state index in [9.17, 15) is 8.42 Å². The van der Waals surface area contributed by atoms with E-state index in [1.807, 2.05) is 13.0 Å². The van der Waals surface area contributed by atoms with Crippen LogP contribution in [0.1, 0.15) is 52.3 Å². The molecule has 21 heavy (non-hydrogen) atoms. The molecule has 0 bridgehead atoms. The van der Waals surface area contributed by atoms with Gasteiger partial charge in [0, 0.05) is 23.5 Å². The van der Waals surface area contributed by atoms with E-state index in [2.05, 4.69) is 37.7 Å². The first-order valence-electron chi connectivity index (χ1n) is 7.55. The normalized spacial score (nSPS) is 14.0. The standard InChI is InChI=1S/C15H28N2O2S2/c1-11(2)6-7-13(5)17-21(18,19)15-9-8-14(20-15)10-16-12(3)4/h8-9,11-13,16-17H,6-7,10H2,1-5H3. The van der Waals surface area contributed by atoms with Crippen LogP contribution in [0.3, 0.4) is 0 Å². The van der Waals surface area contributed by atoms with Crippen molar-refractivity contribution in [2.45, 2.75) is 70.3 Å². The minimum atomic E-state index is -3.38. The summed E-state index contributed by atoms with van der Waals surface area (Å²) in [6.45, 7) is 11.1. The third-order valence-corrected chi connectivity index (χ3v) is 6.29. The molecule has 4 nitrogen and oxygen atoms in total. The zero-order valence-corrected chi connectivity index (χ0v) is 15.3. The largest absolute Gasteiger partial charge is 0.310 e. The highest BCUT2D eigenvalue weighted by Crippen LogP contribution is 2.22. The summed E-state index contributed by atoms with van der Waals surface area (Å²) in [5, 5.41) is 3.30. The average molecular weight is 333 g/mol. The van der Waals surface area contributed by atoms with Gasteiger partial charge in [-0.25, -0.2) is 13.1 Å². The summed E-state index contributed by atoms with van der Waals surface area (Å²) < 4.78 is 27.8. The Morgan fingerprint density at radius 3 is 2.33 bits per heavy atom. The first-order valence-corrected chi connectivity index (χ1v) is 9.85. The summed E-state index contributed by atoms with van der Waals surface area (Å²) in [5.74, 6) is 0.590. The summed E-state index contributed by atoms with van der Waals surface area (Å²) in [6.07, 6.45) is 1.89. The fourth-order valence-electron chi connectivity index (χ4n) is 1.87. The van der Waals surface area contributed by atoms with Crippen LogP contribution in [0, 0.1) is 5.92 Å². The molecule has 1 heterocycles. The highest BCUT2D eigenvalue weighted by atomic mass is 32.2. The fraction of sp³-hybridized carbons (Fsp3) is 0.733. The SMILES string of the molecule is CC(C)CCC(C)NS(=O)(=O)c1ccc(CNC(C)C)s1. The lowest BCUT2D eigenvalue weighted by molar-refractivity contribution is 0.486. The predicted octanol–water partition coefficient (Wildman–Crippen LogP) is 3.35. The molecule has 2 N–H and O–H groups in total. The highest BCUT2D eigenvalue weighted by Gasteiger charge is 2.19. The van der Waals surface area contributed by atoms with E-state index >= 15 is 0 Å². The van der Waals surface area contributed by atoms with Crippen molar-refractivity contribution in [3.05, 3.63) is 17.0 Å². The molecule has 0 saturated heterocycles. The number of nitrogens with one attached hydrogen (secondary N) is 2. The van der Waals surface area contributed by atoms with Crippen molar-refractivity contribution in [2.75, 3.05) is 0 Å². The molecule has 0 spiro atoms. The van der Waals surface area contributed by atoms with Gasteiger partial charge in [-0.05, 0) is 37.8 Å². The molecule has 0 aliphatic carbocycles. The van der Waals surface area contributed by atoms with Crippen LogP contribution in [-0.4, -0.2) is 20.5 Å². The van der Waals surface area contributed by atoms with Crippen LogP contribution >= 0.6 is 11.3 Å². The minimum absolute atomic E-state index is 0.0308. The molecule has 122 valence electrons. The Hall–Kier alpha value is -0.430. The minimum Gasteiger partial charge on any atom is -0.310 e. The lowest BCUT2D eigenvalue weighted by atomic mass is 10.1. The maximum atomic E-state index is 12.3. The molecule has 1 aromatic heterocycles. The molecule has 0 aromatic carbocycles. The molecule has 0 aliphatic rings. The van der Waals surface area contributed by atoms with Crippen molar-refractivity contribution < 1.29 is 8.42 Å². The lowest BCUT2D eigenvalue weighted by Gasteiger charge is -2.14. The van der Waals surface area contributed by atoms with E-state index in [0.717, 1.165) is 17.7 Å². The number of hydrogen-bond donors (Lipinski definition) is 2. The molecule has 0 fully saturated rings. The highest BCUT2D eigenvalue weighted by molar-refractivity contribution is 7.91. The van der Waals surface area contributed by atoms with Gasteiger partial charge in [-0.1, -0.05) is 27.7 Å². The molecule has 1 unspecified atom stereocenters. The van der Waals surface area contributed by atoms with Gasteiger partial charge in [0.15, 0.2) is 0 Å². The van der Waals surface area contributed by atoms with Crippen LogP contribution in [0.4, 0.5) is 0 Å². The van der Waals surface area contributed by atoms with Crippen LogP contribution in [0.15, 0.2) is 16.3 Å². The van der Waals surface area contributed by atoms with Gasteiger partial charge in [-0.3, -0.25) is 0 Å². The summed E-state index contributed by atoms with van der Waals surface area (Å²) >= 11 is 1.34. The Kier molecular flexibility index (Phi) is 7.33. The zero-order chi connectivity index (χ0) is 16.0. The first-order chi connectivity index (χ1) is 9.70. The molecular formula is C15H28N2O2S2. The number of thiophene rings is 1. The molecule has 1 aromatic rings. The third kappa shape index (κ3) is 6.91. The Bertz CT molecular complexity index is 522. The number of rotatable bonds is 9. The molecule has 6 heteroatoms. The van der Waals surface area contributed by atoms with E-state index < -0.39 is 10.0 Å². The Balaban J connectivity index is 2.61. The molecule has 0 radical (unpaired) electrons. The van der Waals surface area contributed by atoms with E-state index in [0.29, 0.717) is 22.7 Å². The zero-order valence-electron chi connectivity index (χ0n) is 13.6. The van der Waals surface area contributed by atoms with Crippen LogP contribution in [0.5, 0.6) is 0 Å². The molecule has 1 atom stereocenters. The van der Waals surface area contributed by atoms with Crippen LogP contribution in [0.25, 0.3) is 0 Å². The molecule has 1 rings (SSSR count). The lowest BCUT2D eigenvalue weighted by Crippen LogP contribution is -2.32. The second-order valence-electron chi connectivity index (χ2n) is 6.25. The van der Waals surface area contributed by atoms with Crippen molar-refractivity contribution in [3.8, 4) is 0 Å². The van der Waals surface area contributed by atoms with Crippen molar-refractivity contribution >= 4 is 21.4 Å². The Morgan fingerprint density at radius 1 is 1.10 bits per heavy atom. The van der Waals surface area contributed by atoms with Crippen LogP contribution in [0.2, 0.25) is 0 Å². The van der Waals surface area contributed by atoms with Gasteiger partial charge in [0.25, 0.3) is 0 Å². The fourth-order valence-corrected chi connectivity index (χ4v) is 4.47. The average Bonchev–Trinajstić information content (AvgIpc) is 2.83. The van der Waals surface area contributed by atoms with Gasteiger partial charge >= 0.3 is 0 Å². The Labute approximate surface area is 133 Å². The van der Waals surface area contributed by atoms with Gasteiger partial charge in [0.05, 0.1) is 0 Å². The van der Waals surface area contributed by atoms with Crippen molar-refractivity contribution in [3.63, 3.8) is 0 Å². The van der Waals surface area contributed by atoms with Gasteiger partial charge in [0.1, 0.15) is 4.21 Å². The van der Waals surface area contributed by atoms with Crippen molar-refractivity contribution in [1.82, 2.24) is 10.0 Å². The molecule has 0 aliphatic heterocycles. The van der Waals surface area contributed by atoms with Crippen molar-refractivity contribution in [1.29, 1.82) is 0 Å². The number of hydrogen-bond acceptors (Lipinski definition) is 4. The summed E-state index contributed by atoms with van der Waals surface area (Å²) in [5.41, 5.74) is 0. The second kappa shape index (κ2) is 8.27. The quantitative estimate of drug-likeness (QED) is 0.729. The van der Waals surface area contributed by atoms with E-state index in [1.54, 1.807) is 6.07 Å². The summed E-state index contributed by atoms with van der Waals surface area (Å²) in [4.78, 5) is 1.04. The molecule has 0 saturated carbocycles. The number of sulfonamides is 1.